The van der Waals surface area contributed by atoms with Gasteiger partial charge < -0.3 is 9.32 Å². The third-order valence-electron chi connectivity index (χ3n) is 3.01. The summed E-state index contributed by atoms with van der Waals surface area (Å²) in [4.78, 5) is 14.2. The summed E-state index contributed by atoms with van der Waals surface area (Å²) in [5.41, 5.74) is 0.655. The Hall–Kier alpha value is -1.25. The molecule has 0 atom stereocenters. The second-order valence-corrected chi connectivity index (χ2v) is 5.67. The molecule has 3 nitrogen and oxygen atoms in total. The molecular formula is C15H25NO2. The van der Waals surface area contributed by atoms with Gasteiger partial charge >= 0.3 is 0 Å². The van der Waals surface area contributed by atoms with Gasteiger partial charge in [0, 0.05) is 13.1 Å². The molecule has 0 radical (unpaired) electrons. The molecule has 0 bridgehead atoms. The molecule has 1 amide bonds. The molecular weight excluding hydrogens is 226 g/mol. The molecule has 18 heavy (non-hydrogen) atoms. The van der Waals surface area contributed by atoms with Gasteiger partial charge in [-0.15, -0.1) is 0 Å². The van der Waals surface area contributed by atoms with Crippen molar-refractivity contribution in [2.75, 3.05) is 13.1 Å². The standard InChI is InChI=1S/C15H25NO2/c1-12(2)5-8-16(9-6-13(3)4)15(17)14-7-10-18-11-14/h7,10-13H,5-6,8-9H2,1-4H3. The minimum absolute atomic E-state index is 0.0880. The Bertz CT molecular complexity index is 329. The van der Waals surface area contributed by atoms with Crippen LogP contribution in [0.1, 0.15) is 50.9 Å². The topological polar surface area (TPSA) is 33.5 Å². The summed E-state index contributed by atoms with van der Waals surface area (Å²) >= 11 is 0. The van der Waals surface area contributed by atoms with Crippen molar-refractivity contribution in [3.63, 3.8) is 0 Å². The van der Waals surface area contributed by atoms with Gasteiger partial charge in [0.25, 0.3) is 5.91 Å². The highest BCUT2D eigenvalue weighted by molar-refractivity contribution is 5.93. The predicted molar refractivity (Wildman–Crippen MR) is 73.5 cm³/mol. The quantitative estimate of drug-likeness (QED) is 0.738. The van der Waals surface area contributed by atoms with E-state index in [1.165, 1.54) is 6.26 Å². The van der Waals surface area contributed by atoms with Crippen LogP contribution in [0.25, 0.3) is 0 Å². The van der Waals surface area contributed by atoms with Gasteiger partial charge in [-0.3, -0.25) is 4.79 Å². The Morgan fingerprint density at radius 2 is 1.72 bits per heavy atom. The van der Waals surface area contributed by atoms with Gasteiger partial charge in [-0.2, -0.15) is 0 Å². The van der Waals surface area contributed by atoms with Crippen LogP contribution in [0.4, 0.5) is 0 Å². The molecule has 0 saturated carbocycles. The van der Waals surface area contributed by atoms with E-state index in [0.29, 0.717) is 17.4 Å². The fraction of sp³-hybridized carbons (Fsp3) is 0.667. The van der Waals surface area contributed by atoms with Crippen LogP contribution < -0.4 is 0 Å². The third-order valence-corrected chi connectivity index (χ3v) is 3.01. The summed E-state index contributed by atoms with van der Waals surface area (Å²) in [6.07, 6.45) is 5.17. The van der Waals surface area contributed by atoms with Crippen LogP contribution in [-0.2, 0) is 0 Å². The van der Waals surface area contributed by atoms with Crippen LogP contribution in [-0.4, -0.2) is 23.9 Å². The Morgan fingerprint density at radius 1 is 1.17 bits per heavy atom. The Morgan fingerprint density at radius 3 is 2.11 bits per heavy atom. The summed E-state index contributed by atoms with van der Waals surface area (Å²) in [5.74, 6) is 1.32. The van der Waals surface area contributed by atoms with Crippen molar-refractivity contribution in [2.45, 2.75) is 40.5 Å². The van der Waals surface area contributed by atoms with Gasteiger partial charge in [0.2, 0.25) is 0 Å². The highest BCUT2D eigenvalue weighted by Gasteiger charge is 2.17. The third kappa shape index (κ3) is 4.94. The minimum atomic E-state index is 0.0880. The van der Waals surface area contributed by atoms with E-state index < -0.39 is 0 Å². The van der Waals surface area contributed by atoms with Crippen molar-refractivity contribution < 1.29 is 9.21 Å². The molecule has 0 N–H and O–H groups in total. The lowest BCUT2D eigenvalue weighted by atomic mass is 10.1. The van der Waals surface area contributed by atoms with Crippen molar-refractivity contribution in [1.29, 1.82) is 0 Å². The lowest BCUT2D eigenvalue weighted by molar-refractivity contribution is 0.0740. The van der Waals surface area contributed by atoms with E-state index in [-0.39, 0.29) is 5.91 Å². The first kappa shape index (κ1) is 14.8. The maximum absolute atomic E-state index is 12.3. The zero-order chi connectivity index (χ0) is 13.5. The fourth-order valence-corrected chi connectivity index (χ4v) is 1.71. The molecule has 3 heteroatoms. The number of nitrogens with zero attached hydrogens (tertiary/aromatic N) is 1. The van der Waals surface area contributed by atoms with E-state index >= 15 is 0 Å². The van der Waals surface area contributed by atoms with Crippen LogP contribution in [0.5, 0.6) is 0 Å². The van der Waals surface area contributed by atoms with E-state index in [9.17, 15) is 4.79 Å². The van der Waals surface area contributed by atoms with Crippen molar-refractivity contribution in [3.8, 4) is 0 Å². The summed E-state index contributed by atoms with van der Waals surface area (Å²) in [5, 5.41) is 0. The molecule has 1 rings (SSSR count). The van der Waals surface area contributed by atoms with Crippen LogP contribution in [0, 0.1) is 11.8 Å². The number of furan rings is 1. The van der Waals surface area contributed by atoms with E-state index in [4.69, 9.17) is 4.42 Å². The molecule has 1 heterocycles. The van der Waals surface area contributed by atoms with Crippen molar-refractivity contribution in [2.24, 2.45) is 11.8 Å². The van der Waals surface area contributed by atoms with Crippen LogP contribution in [0.3, 0.4) is 0 Å². The van der Waals surface area contributed by atoms with E-state index in [1.807, 2.05) is 4.90 Å². The number of rotatable bonds is 7. The summed E-state index contributed by atoms with van der Waals surface area (Å²) in [7, 11) is 0. The number of carbonyl (C=O) groups excluding carboxylic acids is 1. The largest absolute Gasteiger partial charge is 0.472 e. The fourth-order valence-electron chi connectivity index (χ4n) is 1.71. The lowest BCUT2D eigenvalue weighted by Gasteiger charge is -2.24. The second-order valence-electron chi connectivity index (χ2n) is 5.67. The van der Waals surface area contributed by atoms with Gasteiger partial charge in [-0.25, -0.2) is 0 Å². The molecule has 0 aliphatic heterocycles. The molecule has 1 aromatic heterocycles. The molecule has 102 valence electrons. The minimum Gasteiger partial charge on any atom is -0.472 e. The van der Waals surface area contributed by atoms with Gasteiger partial charge in [0.15, 0.2) is 0 Å². The maximum atomic E-state index is 12.3. The average molecular weight is 251 g/mol. The smallest absolute Gasteiger partial charge is 0.257 e. The van der Waals surface area contributed by atoms with E-state index in [1.54, 1.807) is 12.3 Å². The Labute approximate surface area is 110 Å². The van der Waals surface area contributed by atoms with Crippen LogP contribution in [0.15, 0.2) is 23.0 Å². The number of amides is 1. The van der Waals surface area contributed by atoms with E-state index in [2.05, 4.69) is 27.7 Å². The zero-order valence-corrected chi connectivity index (χ0v) is 12.0. The zero-order valence-electron chi connectivity index (χ0n) is 12.0. The molecule has 0 aliphatic carbocycles. The normalized spacial score (nSPS) is 11.2. The molecule has 0 aromatic carbocycles. The number of carbonyl (C=O) groups is 1. The lowest BCUT2D eigenvalue weighted by Crippen LogP contribution is -2.33. The average Bonchev–Trinajstić information content (AvgIpc) is 2.81. The molecule has 0 fully saturated rings. The first-order chi connectivity index (χ1) is 8.50. The van der Waals surface area contributed by atoms with E-state index in [0.717, 1.165) is 25.9 Å². The van der Waals surface area contributed by atoms with Gasteiger partial charge in [0.05, 0.1) is 11.8 Å². The Kier molecular flexibility index (Phi) is 5.96. The maximum Gasteiger partial charge on any atom is 0.257 e. The van der Waals surface area contributed by atoms with Crippen molar-refractivity contribution in [1.82, 2.24) is 4.90 Å². The molecule has 0 spiro atoms. The monoisotopic (exact) mass is 251 g/mol. The van der Waals surface area contributed by atoms with Gasteiger partial charge in [-0.1, -0.05) is 27.7 Å². The van der Waals surface area contributed by atoms with Gasteiger partial charge in [0.1, 0.15) is 6.26 Å². The van der Waals surface area contributed by atoms with Crippen molar-refractivity contribution >= 4 is 5.91 Å². The first-order valence-electron chi connectivity index (χ1n) is 6.82. The molecule has 0 unspecified atom stereocenters. The Balaban J connectivity index is 2.60. The van der Waals surface area contributed by atoms with Crippen LogP contribution in [0.2, 0.25) is 0 Å². The molecule has 1 aromatic rings. The number of hydrogen-bond donors (Lipinski definition) is 0. The summed E-state index contributed by atoms with van der Waals surface area (Å²) in [6, 6.07) is 1.74. The molecule has 0 aliphatic rings. The predicted octanol–water partition coefficient (Wildman–Crippen LogP) is 3.81. The van der Waals surface area contributed by atoms with Crippen molar-refractivity contribution in [3.05, 3.63) is 24.2 Å². The summed E-state index contributed by atoms with van der Waals surface area (Å²) < 4.78 is 4.99. The number of hydrogen-bond acceptors (Lipinski definition) is 2. The first-order valence-corrected chi connectivity index (χ1v) is 6.82. The SMILES string of the molecule is CC(C)CCN(CCC(C)C)C(=O)c1ccoc1. The second kappa shape index (κ2) is 7.24. The highest BCUT2D eigenvalue weighted by Crippen LogP contribution is 2.11. The molecule has 0 saturated heterocycles. The summed E-state index contributed by atoms with van der Waals surface area (Å²) in [6.45, 7) is 10.4. The van der Waals surface area contributed by atoms with Crippen LogP contribution >= 0.6 is 0 Å². The highest BCUT2D eigenvalue weighted by atomic mass is 16.3. The van der Waals surface area contributed by atoms with Gasteiger partial charge in [-0.05, 0) is 30.7 Å².